The fraction of sp³-hybridized carbons (Fsp3) is 0.182. The summed E-state index contributed by atoms with van der Waals surface area (Å²) < 4.78 is 5.83. The van der Waals surface area contributed by atoms with E-state index >= 15 is 0 Å². The van der Waals surface area contributed by atoms with E-state index in [0.29, 0.717) is 17.0 Å². The molecule has 3 rings (SSSR count). The van der Waals surface area contributed by atoms with Crippen molar-refractivity contribution in [2.75, 3.05) is 6.61 Å². The SMILES string of the molecule is CCOc1ccc2[nH]c3nc(=S)[nH]nc3c2c1. The Morgan fingerprint density at radius 1 is 1.41 bits per heavy atom. The number of H-pyrrole nitrogens is 2. The Hall–Kier alpha value is -1.95. The van der Waals surface area contributed by atoms with Crippen LogP contribution in [0, 0.1) is 4.77 Å². The van der Waals surface area contributed by atoms with Gasteiger partial charge in [-0.2, -0.15) is 10.1 Å². The fourth-order valence-electron chi connectivity index (χ4n) is 1.82. The van der Waals surface area contributed by atoms with Gasteiger partial charge in [0.05, 0.1) is 6.61 Å². The first-order valence-corrected chi connectivity index (χ1v) is 5.69. The van der Waals surface area contributed by atoms with E-state index in [0.717, 1.165) is 22.2 Å². The zero-order valence-corrected chi connectivity index (χ0v) is 9.97. The molecule has 2 N–H and O–H groups in total. The number of rotatable bonds is 2. The molecule has 0 saturated heterocycles. The summed E-state index contributed by atoms with van der Waals surface area (Å²) in [5, 5.41) is 7.87. The van der Waals surface area contributed by atoms with Crippen molar-refractivity contribution in [1.29, 1.82) is 0 Å². The van der Waals surface area contributed by atoms with Crippen LogP contribution in [0.4, 0.5) is 0 Å². The lowest BCUT2D eigenvalue weighted by Crippen LogP contribution is -1.90. The van der Waals surface area contributed by atoms with Crippen molar-refractivity contribution >= 4 is 34.3 Å². The molecule has 0 bridgehead atoms. The van der Waals surface area contributed by atoms with Crippen molar-refractivity contribution in [3.8, 4) is 5.75 Å². The molecular formula is C11H10N4OS. The van der Waals surface area contributed by atoms with Crippen LogP contribution in [-0.2, 0) is 0 Å². The molecule has 2 aromatic heterocycles. The first kappa shape index (κ1) is 10.2. The third-order valence-corrected chi connectivity index (χ3v) is 2.69. The van der Waals surface area contributed by atoms with Crippen LogP contribution in [0.5, 0.6) is 5.75 Å². The molecule has 5 nitrogen and oxygen atoms in total. The summed E-state index contributed by atoms with van der Waals surface area (Å²) in [6.07, 6.45) is 0. The highest BCUT2D eigenvalue weighted by atomic mass is 32.1. The van der Waals surface area contributed by atoms with Crippen LogP contribution in [0.2, 0.25) is 0 Å². The summed E-state index contributed by atoms with van der Waals surface area (Å²) in [5.41, 5.74) is 2.44. The summed E-state index contributed by atoms with van der Waals surface area (Å²) >= 11 is 4.94. The van der Waals surface area contributed by atoms with Crippen LogP contribution in [0.25, 0.3) is 22.1 Å². The molecule has 0 aliphatic rings. The van der Waals surface area contributed by atoms with Crippen LogP contribution in [-0.4, -0.2) is 26.8 Å². The molecule has 0 aliphatic carbocycles. The predicted octanol–water partition coefficient (Wildman–Crippen LogP) is 2.57. The van der Waals surface area contributed by atoms with Crippen LogP contribution in [0.3, 0.4) is 0 Å². The predicted molar refractivity (Wildman–Crippen MR) is 67.7 cm³/mol. The Morgan fingerprint density at radius 3 is 3.12 bits per heavy atom. The first-order chi connectivity index (χ1) is 8.28. The van der Waals surface area contributed by atoms with E-state index in [2.05, 4.69) is 20.2 Å². The van der Waals surface area contributed by atoms with Crippen LogP contribution < -0.4 is 4.74 Å². The van der Waals surface area contributed by atoms with Gasteiger partial charge in [-0.05, 0) is 37.3 Å². The first-order valence-electron chi connectivity index (χ1n) is 5.29. The van der Waals surface area contributed by atoms with E-state index in [9.17, 15) is 0 Å². The average Bonchev–Trinajstić information content (AvgIpc) is 2.66. The van der Waals surface area contributed by atoms with Crippen LogP contribution in [0.15, 0.2) is 18.2 Å². The van der Waals surface area contributed by atoms with Gasteiger partial charge in [-0.1, -0.05) is 0 Å². The highest BCUT2D eigenvalue weighted by Gasteiger charge is 2.07. The third kappa shape index (κ3) is 1.66. The molecule has 0 radical (unpaired) electrons. The maximum atomic E-state index is 5.46. The zero-order chi connectivity index (χ0) is 11.8. The zero-order valence-electron chi connectivity index (χ0n) is 9.15. The molecule has 0 unspecified atom stereocenters. The lowest BCUT2D eigenvalue weighted by molar-refractivity contribution is 0.341. The molecule has 3 aromatic rings. The third-order valence-electron chi connectivity index (χ3n) is 2.51. The minimum atomic E-state index is 0.370. The number of hydrogen-bond acceptors (Lipinski definition) is 4. The van der Waals surface area contributed by atoms with Gasteiger partial charge in [-0.3, -0.25) is 5.10 Å². The number of hydrogen-bond donors (Lipinski definition) is 2. The van der Waals surface area contributed by atoms with Crippen LogP contribution >= 0.6 is 12.2 Å². The number of aromatic nitrogens is 4. The Kier molecular flexibility index (Phi) is 2.29. The molecule has 17 heavy (non-hydrogen) atoms. The highest BCUT2D eigenvalue weighted by Crippen LogP contribution is 2.25. The molecule has 0 saturated carbocycles. The lowest BCUT2D eigenvalue weighted by atomic mass is 10.2. The normalized spacial score (nSPS) is 11.1. The summed E-state index contributed by atoms with van der Waals surface area (Å²) in [4.78, 5) is 7.36. The molecule has 0 fully saturated rings. The van der Waals surface area contributed by atoms with E-state index in [-0.39, 0.29) is 0 Å². The maximum absolute atomic E-state index is 5.46. The number of benzene rings is 1. The van der Waals surface area contributed by atoms with Crippen molar-refractivity contribution in [3.63, 3.8) is 0 Å². The van der Waals surface area contributed by atoms with Gasteiger partial charge in [-0.25, -0.2) is 0 Å². The van der Waals surface area contributed by atoms with Gasteiger partial charge in [0, 0.05) is 10.9 Å². The Morgan fingerprint density at radius 2 is 2.29 bits per heavy atom. The van der Waals surface area contributed by atoms with E-state index in [1.165, 1.54) is 0 Å². The Bertz CT molecular complexity index is 746. The Balaban J connectivity index is 2.33. The maximum Gasteiger partial charge on any atom is 0.215 e. The topological polar surface area (TPSA) is 66.6 Å². The van der Waals surface area contributed by atoms with Gasteiger partial charge in [0.1, 0.15) is 11.3 Å². The second-order valence-corrected chi connectivity index (χ2v) is 3.99. The monoisotopic (exact) mass is 246 g/mol. The summed E-state index contributed by atoms with van der Waals surface area (Å²) in [6.45, 7) is 2.60. The largest absolute Gasteiger partial charge is 0.494 e. The second-order valence-electron chi connectivity index (χ2n) is 3.60. The minimum Gasteiger partial charge on any atom is -0.494 e. The summed E-state index contributed by atoms with van der Waals surface area (Å²) in [7, 11) is 0. The van der Waals surface area contributed by atoms with Crippen molar-refractivity contribution in [2.45, 2.75) is 6.92 Å². The summed E-state index contributed by atoms with van der Waals surface area (Å²) in [6, 6.07) is 5.81. The number of ether oxygens (including phenoxy) is 1. The highest BCUT2D eigenvalue weighted by molar-refractivity contribution is 7.71. The molecule has 86 valence electrons. The van der Waals surface area contributed by atoms with E-state index < -0.39 is 0 Å². The van der Waals surface area contributed by atoms with Gasteiger partial charge in [0.15, 0.2) is 5.65 Å². The smallest absolute Gasteiger partial charge is 0.215 e. The van der Waals surface area contributed by atoms with E-state index in [1.54, 1.807) is 0 Å². The number of fused-ring (bicyclic) bond motifs is 3. The van der Waals surface area contributed by atoms with Gasteiger partial charge in [-0.15, -0.1) is 0 Å². The molecular weight excluding hydrogens is 236 g/mol. The molecule has 0 aliphatic heterocycles. The number of nitrogens with zero attached hydrogens (tertiary/aromatic N) is 2. The van der Waals surface area contributed by atoms with Gasteiger partial charge in [0.25, 0.3) is 0 Å². The number of aromatic amines is 2. The fourth-order valence-corrected chi connectivity index (χ4v) is 1.96. The van der Waals surface area contributed by atoms with Crippen molar-refractivity contribution in [2.24, 2.45) is 0 Å². The standard InChI is InChI=1S/C11H10N4OS/c1-2-16-6-3-4-8-7(5-6)9-10(12-8)13-11(17)15-14-9/h3-5H,2H2,1H3,(H2,12,13,15,17). The minimum absolute atomic E-state index is 0.370. The van der Waals surface area contributed by atoms with Crippen molar-refractivity contribution in [3.05, 3.63) is 23.0 Å². The summed E-state index contributed by atoms with van der Waals surface area (Å²) in [5.74, 6) is 0.824. The van der Waals surface area contributed by atoms with E-state index in [4.69, 9.17) is 17.0 Å². The molecule has 0 amide bonds. The van der Waals surface area contributed by atoms with Gasteiger partial charge < -0.3 is 9.72 Å². The van der Waals surface area contributed by atoms with Crippen molar-refractivity contribution < 1.29 is 4.74 Å². The lowest BCUT2D eigenvalue weighted by Gasteiger charge is -2.01. The number of nitrogens with one attached hydrogen (secondary N) is 2. The molecule has 1 aromatic carbocycles. The molecule has 6 heteroatoms. The molecule has 0 spiro atoms. The van der Waals surface area contributed by atoms with Gasteiger partial charge in [0.2, 0.25) is 4.77 Å². The average molecular weight is 246 g/mol. The second kappa shape index (κ2) is 3.81. The Labute approximate surface area is 102 Å². The molecule has 2 heterocycles. The van der Waals surface area contributed by atoms with Crippen molar-refractivity contribution in [1.82, 2.24) is 20.2 Å². The van der Waals surface area contributed by atoms with E-state index in [1.807, 2.05) is 25.1 Å². The quantitative estimate of drug-likeness (QED) is 0.682. The molecule has 0 atom stereocenters. The van der Waals surface area contributed by atoms with Gasteiger partial charge >= 0.3 is 0 Å². The van der Waals surface area contributed by atoms with Crippen LogP contribution in [0.1, 0.15) is 6.92 Å².